The van der Waals surface area contributed by atoms with E-state index < -0.39 is 0 Å². The average Bonchev–Trinajstić information content (AvgIpc) is 3.06. The number of carbonyl (C=O) groups excluding carboxylic acids is 1. The molecular weight excluding hydrogens is 252 g/mol. The lowest BCUT2D eigenvalue weighted by atomic mass is 10.0. The van der Waals surface area contributed by atoms with E-state index in [0.717, 1.165) is 31.6 Å². The van der Waals surface area contributed by atoms with Gasteiger partial charge in [0.1, 0.15) is 6.33 Å². The Kier molecular flexibility index (Phi) is 3.70. The molecule has 3 heterocycles. The number of likely N-dealkylation sites (N-methyl/N-ethyl adjacent to an activating group) is 1. The fourth-order valence-corrected chi connectivity index (χ4v) is 3.62. The number of aryl methyl sites for hydroxylation is 1. The minimum atomic E-state index is 0.103. The maximum Gasteiger partial charge on any atom is 0.257 e. The molecule has 0 bridgehead atoms. The van der Waals surface area contributed by atoms with Gasteiger partial charge in [0.05, 0.1) is 11.3 Å². The van der Waals surface area contributed by atoms with E-state index in [-0.39, 0.29) is 5.91 Å². The van der Waals surface area contributed by atoms with Crippen molar-refractivity contribution in [2.45, 2.75) is 44.7 Å². The van der Waals surface area contributed by atoms with Crippen LogP contribution < -0.4 is 0 Å². The SMILES string of the molecule is Cc1ncncc1C(=O)N1CCC[C@H]1[C@@H]1CCCN1C. The third-order valence-corrected chi connectivity index (χ3v) is 4.72. The standard InChI is InChI=1S/C15H22N4O/c1-11-12(9-16-10-17-11)15(20)19-8-4-6-14(19)13-5-3-7-18(13)2/h9-10,13-14H,3-8H2,1-2H3/t13-,14-/m0/s1. The Bertz CT molecular complexity index is 504. The van der Waals surface area contributed by atoms with Crippen LogP contribution in [-0.4, -0.2) is 57.9 Å². The van der Waals surface area contributed by atoms with Crippen LogP contribution in [0.1, 0.15) is 41.7 Å². The summed E-state index contributed by atoms with van der Waals surface area (Å²) in [6.07, 6.45) is 7.82. The Labute approximate surface area is 120 Å². The van der Waals surface area contributed by atoms with Crippen molar-refractivity contribution in [2.24, 2.45) is 0 Å². The molecule has 0 spiro atoms. The maximum absolute atomic E-state index is 12.8. The predicted octanol–water partition coefficient (Wildman–Crippen LogP) is 1.48. The molecule has 2 atom stereocenters. The van der Waals surface area contributed by atoms with Crippen LogP contribution in [0.15, 0.2) is 12.5 Å². The molecule has 0 aromatic carbocycles. The lowest BCUT2D eigenvalue weighted by Crippen LogP contribution is -2.47. The summed E-state index contributed by atoms with van der Waals surface area (Å²) in [4.78, 5) is 25.4. The molecule has 3 rings (SSSR count). The van der Waals surface area contributed by atoms with Gasteiger partial charge in [-0.1, -0.05) is 0 Å². The molecule has 2 saturated heterocycles. The highest BCUT2D eigenvalue weighted by Crippen LogP contribution is 2.30. The smallest absolute Gasteiger partial charge is 0.257 e. The first-order valence-corrected chi connectivity index (χ1v) is 7.46. The van der Waals surface area contributed by atoms with Crippen LogP contribution in [0.25, 0.3) is 0 Å². The Morgan fingerprint density at radius 3 is 2.70 bits per heavy atom. The summed E-state index contributed by atoms with van der Waals surface area (Å²) in [6, 6.07) is 0.876. The highest BCUT2D eigenvalue weighted by atomic mass is 16.2. The van der Waals surface area contributed by atoms with Gasteiger partial charge < -0.3 is 9.80 Å². The molecule has 2 fully saturated rings. The average molecular weight is 274 g/mol. The van der Waals surface area contributed by atoms with E-state index in [2.05, 4.69) is 26.8 Å². The summed E-state index contributed by atoms with van der Waals surface area (Å²) in [5.41, 5.74) is 1.43. The fraction of sp³-hybridized carbons (Fsp3) is 0.667. The second-order valence-electron chi connectivity index (χ2n) is 5.92. The molecule has 0 aliphatic carbocycles. The normalized spacial score (nSPS) is 27.2. The van der Waals surface area contributed by atoms with Crippen LogP contribution in [0.3, 0.4) is 0 Å². The molecule has 20 heavy (non-hydrogen) atoms. The van der Waals surface area contributed by atoms with Gasteiger partial charge in [-0.2, -0.15) is 0 Å². The van der Waals surface area contributed by atoms with Gasteiger partial charge in [-0.15, -0.1) is 0 Å². The van der Waals surface area contributed by atoms with Crippen molar-refractivity contribution in [3.63, 3.8) is 0 Å². The second-order valence-corrected chi connectivity index (χ2v) is 5.92. The molecule has 1 amide bonds. The highest BCUT2D eigenvalue weighted by molar-refractivity contribution is 5.95. The summed E-state index contributed by atoms with van der Waals surface area (Å²) >= 11 is 0. The first kappa shape index (κ1) is 13.5. The van der Waals surface area contributed by atoms with Gasteiger partial charge in [-0.25, -0.2) is 9.97 Å². The molecule has 1 aromatic rings. The molecule has 0 radical (unpaired) electrons. The van der Waals surface area contributed by atoms with E-state index in [9.17, 15) is 4.79 Å². The van der Waals surface area contributed by atoms with E-state index in [0.29, 0.717) is 17.6 Å². The van der Waals surface area contributed by atoms with Gasteiger partial charge in [0.15, 0.2) is 0 Å². The zero-order valence-corrected chi connectivity index (χ0v) is 12.2. The zero-order valence-electron chi connectivity index (χ0n) is 12.2. The van der Waals surface area contributed by atoms with Crippen molar-refractivity contribution in [1.29, 1.82) is 0 Å². The fourth-order valence-electron chi connectivity index (χ4n) is 3.62. The quantitative estimate of drug-likeness (QED) is 0.820. The highest BCUT2D eigenvalue weighted by Gasteiger charge is 2.38. The van der Waals surface area contributed by atoms with Crippen molar-refractivity contribution in [3.05, 3.63) is 23.8 Å². The number of hydrogen-bond acceptors (Lipinski definition) is 4. The first-order chi connectivity index (χ1) is 9.68. The summed E-state index contributed by atoms with van der Waals surface area (Å²) < 4.78 is 0. The molecule has 0 N–H and O–H groups in total. The van der Waals surface area contributed by atoms with Crippen LogP contribution in [-0.2, 0) is 0 Å². The topological polar surface area (TPSA) is 49.3 Å². The summed E-state index contributed by atoms with van der Waals surface area (Å²) in [6.45, 7) is 3.89. The van der Waals surface area contributed by atoms with Crippen LogP contribution >= 0.6 is 0 Å². The lowest BCUT2D eigenvalue weighted by Gasteiger charge is -2.33. The van der Waals surface area contributed by atoms with Crippen LogP contribution in [0, 0.1) is 6.92 Å². The van der Waals surface area contributed by atoms with Crippen molar-refractivity contribution >= 4 is 5.91 Å². The monoisotopic (exact) mass is 274 g/mol. The largest absolute Gasteiger partial charge is 0.334 e. The predicted molar refractivity (Wildman–Crippen MR) is 76.5 cm³/mol. The molecular formula is C15H22N4O. The van der Waals surface area contributed by atoms with E-state index in [1.165, 1.54) is 19.2 Å². The Morgan fingerprint density at radius 1 is 1.25 bits per heavy atom. The van der Waals surface area contributed by atoms with Gasteiger partial charge in [0, 0.05) is 24.8 Å². The van der Waals surface area contributed by atoms with Gasteiger partial charge in [-0.05, 0) is 46.2 Å². The Hall–Kier alpha value is -1.49. The number of amides is 1. The van der Waals surface area contributed by atoms with Gasteiger partial charge in [0.2, 0.25) is 0 Å². The molecule has 0 unspecified atom stereocenters. The number of aromatic nitrogens is 2. The Balaban J connectivity index is 1.82. The van der Waals surface area contributed by atoms with Crippen molar-refractivity contribution in [1.82, 2.24) is 19.8 Å². The van der Waals surface area contributed by atoms with E-state index in [1.54, 1.807) is 6.20 Å². The van der Waals surface area contributed by atoms with Crippen molar-refractivity contribution in [3.8, 4) is 0 Å². The molecule has 108 valence electrons. The Morgan fingerprint density at radius 2 is 2.00 bits per heavy atom. The molecule has 0 saturated carbocycles. The van der Waals surface area contributed by atoms with Crippen LogP contribution in [0.4, 0.5) is 0 Å². The number of rotatable bonds is 2. The van der Waals surface area contributed by atoms with Crippen LogP contribution in [0.2, 0.25) is 0 Å². The van der Waals surface area contributed by atoms with Crippen molar-refractivity contribution < 1.29 is 4.79 Å². The number of hydrogen-bond donors (Lipinski definition) is 0. The summed E-state index contributed by atoms with van der Waals surface area (Å²) in [5, 5.41) is 0. The van der Waals surface area contributed by atoms with Gasteiger partial charge >= 0.3 is 0 Å². The molecule has 5 nitrogen and oxygen atoms in total. The van der Waals surface area contributed by atoms with Gasteiger partial charge in [0.25, 0.3) is 5.91 Å². The number of nitrogens with zero attached hydrogens (tertiary/aromatic N) is 4. The lowest BCUT2D eigenvalue weighted by molar-refractivity contribution is 0.0662. The van der Waals surface area contributed by atoms with Crippen molar-refractivity contribution in [2.75, 3.05) is 20.1 Å². The molecule has 5 heteroatoms. The minimum absolute atomic E-state index is 0.103. The molecule has 2 aliphatic rings. The van der Waals surface area contributed by atoms with Crippen LogP contribution in [0.5, 0.6) is 0 Å². The second kappa shape index (κ2) is 5.48. The summed E-state index contributed by atoms with van der Waals surface area (Å²) in [5.74, 6) is 0.103. The van der Waals surface area contributed by atoms with E-state index >= 15 is 0 Å². The molecule has 1 aromatic heterocycles. The van der Waals surface area contributed by atoms with Gasteiger partial charge in [-0.3, -0.25) is 4.79 Å². The minimum Gasteiger partial charge on any atom is -0.334 e. The number of likely N-dealkylation sites (tertiary alicyclic amines) is 2. The zero-order chi connectivity index (χ0) is 14.1. The maximum atomic E-state index is 12.8. The third-order valence-electron chi connectivity index (χ3n) is 4.72. The first-order valence-electron chi connectivity index (χ1n) is 7.46. The third kappa shape index (κ3) is 2.30. The summed E-state index contributed by atoms with van der Waals surface area (Å²) in [7, 11) is 2.18. The molecule has 2 aliphatic heterocycles. The van der Waals surface area contributed by atoms with E-state index in [1.807, 2.05) is 6.92 Å². The van der Waals surface area contributed by atoms with E-state index in [4.69, 9.17) is 0 Å². The number of carbonyl (C=O) groups is 1.